The molecule has 1 unspecified atom stereocenters. The molecule has 4 rings (SSSR count). The molecular weight excluding hydrogens is 360 g/mol. The molecule has 2 heterocycles. The molecule has 1 aliphatic rings. The highest BCUT2D eigenvalue weighted by Gasteiger charge is 2.30. The lowest BCUT2D eigenvalue weighted by molar-refractivity contribution is 0.0933. The van der Waals surface area contributed by atoms with Crippen molar-refractivity contribution in [2.45, 2.75) is 31.8 Å². The molecule has 0 spiro atoms. The minimum Gasteiger partial charge on any atom is -0.341 e. The Hall–Kier alpha value is -2.32. The second-order valence-corrected chi connectivity index (χ2v) is 7.19. The van der Waals surface area contributed by atoms with Crippen LogP contribution in [0.3, 0.4) is 0 Å². The quantitative estimate of drug-likeness (QED) is 0.740. The molecule has 1 aromatic carbocycles. The van der Waals surface area contributed by atoms with E-state index in [0.29, 0.717) is 27.6 Å². The number of halogens is 1. The number of carbonyl (C=O) groups excluding carboxylic acids is 1. The lowest BCUT2D eigenvalue weighted by Gasteiger charge is -2.12. The Kier molecular flexibility index (Phi) is 4.22. The average molecular weight is 375 g/mol. The van der Waals surface area contributed by atoms with Gasteiger partial charge in [-0.15, -0.1) is 16.4 Å². The van der Waals surface area contributed by atoms with Crippen molar-refractivity contribution in [3.05, 3.63) is 46.2 Å². The number of amides is 1. The standard InChI is InChI=1S/C16H15ClN6OS/c1-9(14-20-21-22-23(14)10-6-7-10)18-15(24)13-8-25-16(19-13)11-4-2-3-5-12(11)17/h2-5,8-10H,6-7H2,1H3,(H,18,24). The van der Waals surface area contributed by atoms with E-state index < -0.39 is 0 Å². The summed E-state index contributed by atoms with van der Waals surface area (Å²) < 4.78 is 1.79. The summed E-state index contributed by atoms with van der Waals surface area (Å²) in [6, 6.07) is 7.50. The van der Waals surface area contributed by atoms with Gasteiger partial charge in [0.05, 0.1) is 17.1 Å². The Morgan fingerprint density at radius 2 is 2.20 bits per heavy atom. The van der Waals surface area contributed by atoms with Gasteiger partial charge < -0.3 is 5.32 Å². The van der Waals surface area contributed by atoms with Gasteiger partial charge in [0.15, 0.2) is 5.82 Å². The van der Waals surface area contributed by atoms with Crippen molar-refractivity contribution in [2.24, 2.45) is 0 Å². The molecule has 0 aliphatic heterocycles. The summed E-state index contributed by atoms with van der Waals surface area (Å²) in [5.74, 6) is 0.407. The monoisotopic (exact) mass is 374 g/mol. The average Bonchev–Trinajstić information content (AvgIpc) is 3.12. The van der Waals surface area contributed by atoms with Crippen molar-refractivity contribution in [2.75, 3.05) is 0 Å². The smallest absolute Gasteiger partial charge is 0.271 e. The molecule has 1 atom stereocenters. The summed E-state index contributed by atoms with van der Waals surface area (Å²) in [5.41, 5.74) is 1.18. The van der Waals surface area contributed by atoms with Gasteiger partial charge in [0.25, 0.3) is 5.91 Å². The number of tetrazole rings is 1. The van der Waals surface area contributed by atoms with E-state index in [4.69, 9.17) is 11.6 Å². The summed E-state index contributed by atoms with van der Waals surface area (Å²) in [6.07, 6.45) is 2.15. The molecule has 1 saturated carbocycles. The predicted octanol–water partition coefficient (Wildman–Crippen LogP) is 3.28. The van der Waals surface area contributed by atoms with Crippen LogP contribution >= 0.6 is 22.9 Å². The number of nitrogens with zero attached hydrogens (tertiary/aromatic N) is 5. The highest BCUT2D eigenvalue weighted by Crippen LogP contribution is 2.35. The van der Waals surface area contributed by atoms with Crippen molar-refractivity contribution >= 4 is 28.8 Å². The van der Waals surface area contributed by atoms with Crippen LogP contribution in [0, 0.1) is 0 Å². The normalized spacial score (nSPS) is 15.1. The van der Waals surface area contributed by atoms with Gasteiger partial charge in [-0.3, -0.25) is 4.79 Å². The second-order valence-electron chi connectivity index (χ2n) is 5.93. The van der Waals surface area contributed by atoms with Gasteiger partial charge in [0, 0.05) is 10.9 Å². The minimum atomic E-state index is -0.298. The van der Waals surface area contributed by atoms with Crippen LogP contribution in [0.25, 0.3) is 10.6 Å². The third-order valence-corrected chi connectivity index (χ3v) is 5.19. The van der Waals surface area contributed by atoms with Gasteiger partial charge >= 0.3 is 0 Å². The van der Waals surface area contributed by atoms with Crippen LogP contribution < -0.4 is 5.32 Å². The van der Waals surface area contributed by atoms with Gasteiger partial charge in [0.1, 0.15) is 10.7 Å². The zero-order valence-electron chi connectivity index (χ0n) is 13.4. The lowest BCUT2D eigenvalue weighted by Crippen LogP contribution is -2.29. The molecule has 1 fully saturated rings. The number of benzene rings is 1. The summed E-state index contributed by atoms with van der Waals surface area (Å²) in [6.45, 7) is 1.86. The van der Waals surface area contributed by atoms with E-state index in [1.807, 2.05) is 25.1 Å². The Morgan fingerprint density at radius 1 is 1.40 bits per heavy atom. The van der Waals surface area contributed by atoms with Crippen molar-refractivity contribution in [3.63, 3.8) is 0 Å². The fourth-order valence-electron chi connectivity index (χ4n) is 2.54. The van der Waals surface area contributed by atoms with E-state index in [9.17, 15) is 4.79 Å². The van der Waals surface area contributed by atoms with Crippen molar-refractivity contribution in [1.29, 1.82) is 0 Å². The van der Waals surface area contributed by atoms with Crippen LogP contribution in [0.1, 0.15) is 48.2 Å². The molecule has 7 nitrogen and oxygen atoms in total. The maximum Gasteiger partial charge on any atom is 0.271 e. The van der Waals surface area contributed by atoms with Crippen LogP contribution in [-0.4, -0.2) is 31.1 Å². The van der Waals surface area contributed by atoms with Crippen LogP contribution in [-0.2, 0) is 0 Å². The lowest BCUT2D eigenvalue weighted by atomic mass is 10.2. The van der Waals surface area contributed by atoms with E-state index in [2.05, 4.69) is 25.8 Å². The molecule has 1 aliphatic carbocycles. The molecule has 1 N–H and O–H groups in total. The number of hydrogen-bond donors (Lipinski definition) is 1. The topological polar surface area (TPSA) is 85.6 Å². The molecule has 3 aromatic rings. The van der Waals surface area contributed by atoms with Crippen LogP contribution in [0.2, 0.25) is 5.02 Å². The van der Waals surface area contributed by atoms with Crippen molar-refractivity contribution in [1.82, 2.24) is 30.5 Å². The molecular formula is C16H15ClN6OS. The third kappa shape index (κ3) is 3.27. The molecule has 1 amide bonds. The molecule has 2 aromatic heterocycles. The maximum absolute atomic E-state index is 12.5. The van der Waals surface area contributed by atoms with E-state index >= 15 is 0 Å². The highest BCUT2D eigenvalue weighted by atomic mass is 35.5. The van der Waals surface area contributed by atoms with Gasteiger partial charge in [-0.25, -0.2) is 9.67 Å². The zero-order valence-corrected chi connectivity index (χ0v) is 15.0. The number of rotatable bonds is 5. The summed E-state index contributed by atoms with van der Waals surface area (Å²) in [7, 11) is 0. The largest absolute Gasteiger partial charge is 0.341 e. The van der Waals surface area contributed by atoms with E-state index in [1.165, 1.54) is 11.3 Å². The van der Waals surface area contributed by atoms with Gasteiger partial charge in [-0.2, -0.15) is 0 Å². The van der Waals surface area contributed by atoms with E-state index in [0.717, 1.165) is 18.4 Å². The first kappa shape index (κ1) is 16.2. The molecule has 0 bridgehead atoms. The molecule has 9 heteroatoms. The van der Waals surface area contributed by atoms with E-state index in [1.54, 1.807) is 16.1 Å². The predicted molar refractivity (Wildman–Crippen MR) is 94.5 cm³/mol. The van der Waals surface area contributed by atoms with Gasteiger partial charge in [-0.1, -0.05) is 29.8 Å². The Labute approximate surface area is 153 Å². The zero-order chi connectivity index (χ0) is 17.4. The number of hydrogen-bond acceptors (Lipinski definition) is 6. The summed E-state index contributed by atoms with van der Waals surface area (Å²) in [5, 5.41) is 17.7. The van der Waals surface area contributed by atoms with Gasteiger partial charge in [0.2, 0.25) is 0 Å². The first-order valence-electron chi connectivity index (χ1n) is 7.92. The minimum absolute atomic E-state index is 0.257. The first-order valence-corrected chi connectivity index (χ1v) is 9.18. The van der Waals surface area contributed by atoms with Gasteiger partial charge in [-0.05, 0) is 36.3 Å². The van der Waals surface area contributed by atoms with Crippen molar-refractivity contribution < 1.29 is 4.79 Å². The van der Waals surface area contributed by atoms with Crippen LogP contribution in [0.15, 0.2) is 29.6 Å². The van der Waals surface area contributed by atoms with Crippen molar-refractivity contribution in [3.8, 4) is 10.6 Å². The Morgan fingerprint density at radius 3 is 2.96 bits per heavy atom. The molecule has 25 heavy (non-hydrogen) atoms. The van der Waals surface area contributed by atoms with Crippen LogP contribution in [0.5, 0.6) is 0 Å². The molecule has 128 valence electrons. The fourth-order valence-corrected chi connectivity index (χ4v) is 3.66. The maximum atomic E-state index is 12.5. The molecule has 0 radical (unpaired) electrons. The van der Waals surface area contributed by atoms with Crippen LogP contribution in [0.4, 0.5) is 0 Å². The molecule has 0 saturated heterocycles. The fraction of sp³-hybridized carbons (Fsp3) is 0.312. The number of nitrogens with one attached hydrogen (secondary N) is 1. The highest BCUT2D eigenvalue weighted by molar-refractivity contribution is 7.13. The SMILES string of the molecule is CC(NC(=O)c1csc(-c2ccccc2Cl)n1)c1nnnn1C1CC1. The number of aromatic nitrogens is 5. The number of carbonyl (C=O) groups is 1. The number of thiazole rings is 1. The van der Waals surface area contributed by atoms with E-state index in [-0.39, 0.29) is 11.9 Å². The second kappa shape index (κ2) is 6.53. The first-order chi connectivity index (χ1) is 12.1. The Balaban J connectivity index is 1.50. The summed E-state index contributed by atoms with van der Waals surface area (Å²) >= 11 is 7.58. The summed E-state index contributed by atoms with van der Waals surface area (Å²) in [4.78, 5) is 16.9. The Bertz CT molecular complexity index is 919. The third-order valence-electron chi connectivity index (χ3n) is 3.99.